The second-order valence-electron chi connectivity index (χ2n) is 5.31. The highest BCUT2D eigenvalue weighted by Gasteiger charge is 2.04. The molecule has 0 amide bonds. The Morgan fingerprint density at radius 3 is 2.45 bits per heavy atom. The molecule has 0 fully saturated rings. The smallest absolute Gasteiger partial charge is 0.130 e. The standard InChI is InChI=1S/C18H19N3O/c1-14-11-15(2)21(20-14)12-16-7-6-8-17(19-16)13-22-18-9-4-3-5-10-18/h3-11H,12-13H2,1-2H3. The van der Waals surface area contributed by atoms with Crippen molar-refractivity contribution in [3.63, 3.8) is 0 Å². The number of benzene rings is 1. The predicted octanol–water partition coefficient (Wildman–Crippen LogP) is 3.52. The maximum Gasteiger partial charge on any atom is 0.130 e. The molecule has 0 saturated heterocycles. The predicted molar refractivity (Wildman–Crippen MR) is 85.8 cm³/mol. The van der Waals surface area contributed by atoms with Crippen LogP contribution in [0.5, 0.6) is 5.75 Å². The van der Waals surface area contributed by atoms with E-state index in [9.17, 15) is 0 Å². The first kappa shape index (κ1) is 14.3. The van der Waals surface area contributed by atoms with Crippen LogP contribution in [0.1, 0.15) is 22.8 Å². The van der Waals surface area contributed by atoms with Crippen molar-refractivity contribution in [2.75, 3.05) is 0 Å². The van der Waals surface area contributed by atoms with Gasteiger partial charge in [-0.2, -0.15) is 5.10 Å². The summed E-state index contributed by atoms with van der Waals surface area (Å²) in [5.74, 6) is 0.855. The summed E-state index contributed by atoms with van der Waals surface area (Å²) in [7, 11) is 0. The molecule has 22 heavy (non-hydrogen) atoms. The number of hydrogen-bond acceptors (Lipinski definition) is 3. The van der Waals surface area contributed by atoms with Gasteiger partial charge in [0.2, 0.25) is 0 Å². The summed E-state index contributed by atoms with van der Waals surface area (Å²) in [5, 5.41) is 4.47. The normalized spacial score (nSPS) is 10.6. The van der Waals surface area contributed by atoms with Crippen molar-refractivity contribution in [3.8, 4) is 5.75 Å². The molecule has 0 atom stereocenters. The number of aryl methyl sites for hydroxylation is 2. The number of pyridine rings is 1. The number of rotatable bonds is 5. The minimum atomic E-state index is 0.467. The van der Waals surface area contributed by atoms with Gasteiger partial charge in [0.1, 0.15) is 12.4 Å². The monoisotopic (exact) mass is 293 g/mol. The van der Waals surface area contributed by atoms with E-state index in [0.717, 1.165) is 28.5 Å². The van der Waals surface area contributed by atoms with Gasteiger partial charge >= 0.3 is 0 Å². The van der Waals surface area contributed by atoms with Crippen LogP contribution in [0.15, 0.2) is 54.6 Å². The highest BCUT2D eigenvalue weighted by Crippen LogP contribution is 2.11. The lowest BCUT2D eigenvalue weighted by Crippen LogP contribution is -2.07. The molecule has 1 aromatic carbocycles. The van der Waals surface area contributed by atoms with E-state index in [4.69, 9.17) is 4.74 Å². The highest BCUT2D eigenvalue weighted by molar-refractivity contribution is 5.21. The molecule has 3 aromatic rings. The zero-order chi connectivity index (χ0) is 15.4. The first-order valence-corrected chi connectivity index (χ1v) is 7.34. The Morgan fingerprint density at radius 1 is 0.955 bits per heavy atom. The molecule has 0 aliphatic rings. The summed E-state index contributed by atoms with van der Waals surface area (Å²) in [5.41, 5.74) is 4.08. The summed E-state index contributed by atoms with van der Waals surface area (Å²) in [6.07, 6.45) is 0. The minimum Gasteiger partial charge on any atom is -0.487 e. The Kier molecular flexibility index (Phi) is 4.19. The van der Waals surface area contributed by atoms with Crippen LogP contribution in [0.2, 0.25) is 0 Å². The quantitative estimate of drug-likeness (QED) is 0.722. The average Bonchev–Trinajstić information content (AvgIpc) is 2.84. The van der Waals surface area contributed by atoms with Gasteiger partial charge in [0.05, 0.1) is 23.6 Å². The molecule has 2 aromatic heterocycles. The Balaban J connectivity index is 1.68. The summed E-state index contributed by atoms with van der Waals surface area (Å²) in [6.45, 7) is 5.21. The topological polar surface area (TPSA) is 39.9 Å². The Hall–Kier alpha value is -2.62. The second kappa shape index (κ2) is 6.43. The van der Waals surface area contributed by atoms with Crippen molar-refractivity contribution in [1.29, 1.82) is 0 Å². The van der Waals surface area contributed by atoms with Crippen molar-refractivity contribution in [2.24, 2.45) is 0 Å². The van der Waals surface area contributed by atoms with Crippen LogP contribution in [-0.2, 0) is 13.2 Å². The summed E-state index contributed by atoms with van der Waals surface area (Å²) >= 11 is 0. The van der Waals surface area contributed by atoms with E-state index in [1.165, 1.54) is 0 Å². The zero-order valence-corrected chi connectivity index (χ0v) is 12.9. The van der Waals surface area contributed by atoms with E-state index < -0.39 is 0 Å². The van der Waals surface area contributed by atoms with Crippen molar-refractivity contribution in [1.82, 2.24) is 14.8 Å². The van der Waals surface area contributed by atoms with Crippen LogP contribution in [0.25, 0.3) is 0 Å². The average molecular weight is 293 g/mol. The van der Waals surface area contributed by atoms with Crippen molar-refractivity contribution >= 4 is 0 Å². The molecule has 0 N–H and O–H groups in total. The van der Waals surface area contributed by atoms with Gasteiger partial charge in [-0.3, -0.25) is 9.67 Å². The molecule has 0 spiro atoms. The van der Waals surface area contributed by atoms with Gasteiger partial charge in [-0.1, -0.05) is 24.3 Å². The van der Waals surface area contributed by atoms with E-state index in [1.807, 2.05) is 60.1 Å². The summed E-state index contributed by atoms with van der Waals surface area (Å²) in [4.78, 5) is 4.65. The SMILES string of the molecule is Cc1cc(C)n(Cc2cccc(COc3ccccc3)n2)n1. The third-order valence-corrected chi connectivity index (χ3v) is 3.41. The Bertz CT molecular complexity index is 750. The maximum absolute atomic E-state index is 5.74. The highest BCUT2D eigenvalue weighted by atomic mass is 16.5. The van der Waals surface area contributed by atoms with Gasteiger partial charge in [0, 0.05) is 5.69 Å². The molecule has 3 rings (SSSR count). The molecule has 4 heteroatoms. The third-order valence-electron chi connectivity index (χ3n) is 3.41. The van der Waals surface area contributed by atoms with Crippen LogP contribution >= 0.6 is 0 Å². The minimum absolute atomic E-state index is 0.467. The lowest BCUT2D eigenvalue weighted by atomic mass is 10.3. The molecular formula is C18H19N3O. The fraction of sp³-hybridized carbons (Fsp3) is 0.222. The van der Waals surface area contributed by atoms with E-state index in [1.54, 1.807) is 0 Å². The van der Waals surface area contributed by atoms with Gasteiger partial charge in [-0.05, 0) is 44.2 Å². The molecule has 0 aliphatic heterocycles. The zero-order valence-electron chi connectivity index (χ0n) is 12.9. The number of para-hydroxylation sites is 1. The number of ether oxygens (including phenoxy) is 1. The molecule has 0 radical (unpaired) electrons. The van der Waals surface area contributed by atoms with E-state index in [2.05, 4.69) is 23.1 Å². The molecular weight excluding hydrogens is 274 g/mol. The van der Waals surface area contributed by atoms with E-state index in [0.29, 0.717) is 13.2 Å². The van der Waals surface area contributed by atoms with Crippen LogP contribution < -0.4 is 4.74 Å². The van der Waals surface area contributed by atoms with E-state index in [-0.39, 0.29) is 0 Å². The van der Waals surface area contributed by atoms with Crippen molar-refractivity contribution in [3.05, 3.63) is 77.4 Å². The number of aromatic nitrogens is 3. The van der Waals surface area contributed by atoms with Gasteiger partial charge < -0.3 is 4.74 Å². The van der Waals surface area contributed by atoms with Gasteiger partial charge in [-0.15, -0.1) is 0 Å². The van der Waals surface area contributed by atoms with Crippen molar-refractivity contribution in [2.45, 2.75) is 27.0 Å². The lowest BCUT2D eigenvalue weighted by Gasteiger charge is -2.08. The molecule has 0 aliphatic carbocycles. The maximum atomic E-state index is 5.74. The summed E-state index contributed by atoms with van der Waals surface area (Å²) < 4.78 is 7.71. The van der Waals surface area contributed by atoms with Crippen LogP contribution in [0.3, 0.4) is 0 Å². The van der Waals surface area contributed by atoms with Gasteiger partial charge in [0.15, 0.2) is 0 Å². The van der Waals surface area contributed by atoms with Gasteiger partial charge in [0.25, 0.3) is 0 Å². The molecule has 112 valence electrons. The fourth-order valence-electron chi connectivity index (χ4n) is 2.36. The fourth-order valence-corrected chi connectivity index (χ4v) is 2.36. The Labute approximate surface area is 130 Å². The molecule has 0 bridgehead atoms. The Morgan fingerprint density at radius 2 is 1.73 bits per heavy atom. The molecule has 2 heterocycles. The third kappa shape index (κ3) is 3.52. The first-order valence-electron chi connectivity index (χ1n) is 7.34. The van der Waals surface area contributed by atoms with Gasteiger partial charge in [-0.25, -0.2) is 0 Å². The first-order chi connectivity index (χ1) is 10.7. The van der Waals surface area contributed by atoms with Crippen LogP contribution in [0.4, 0.5) is 0 Å². The number of nitrogens with zero attached hydrogens (tertiary/aromatic N) is 3. The second-order valence-corrected chi connectivity index (χ2v) is 5.31. The molecule has 4 nitrogen and oxygen atoms in total. The molecule has 0 saturated carbocycles. The number of hydrogen-bond donors (Lipinski definition) is 0. The van der Waals surface area contributed by atoms with Crippen LogP contribution in [0, 0.1) is 13.8 Å². The lowest BCUT2D eigenvalue weighted by molar-refractivity contribution is 0.301. The van der Waals surface area contributed by atoms with Crippen LogP contribution in [-0.4, -0.2) is 14.8 Å². The van der Waals surface area contributed by atoms with E-state index >= 15 is 0 Å². The molecule has 0 unspecified atom stereocenters. The largest absolute Gasteiger partial charge is 0.487 e. The van der Waals surface area contributed by atoms with Crippen molar-refractivity contribution < 1.29 is 4.74 Å². The summed E-state index contributed by atoms with van der Waals surface area (Å²) in [6, 6.07) is 17.9.